The van der Waals surface area contributed by atoms with E-state index in [-0.39, 0.29) is 12.5 Å². The Hall–Kier alpha value is -3.13. The summed E-state index contributed by atoms with van der Waals surface area (Å²) in [5.74, 6) is -0.478. The molecule has 0 aliphatic carbocycles. The number of benzene rings is 1. The van der Waals surface area contributed by atoms with E-state index in [0.717, 1.165) is 15.2 Å². The number of carbonyl (C=O) groups excluding carboxylic acids is 3. The molecule has 2 aromatic heterocycles. The van der Waals surface area contributed by atoms with Crippen molar-refractivity contribution >= 4 is 40.2 Å². The molecule has 144 valence electrons. The fourth-order valence-corrected chi connectivity index (χ4v) is 3.97. The summed E-state index contributed by atoms with van der Waals surface area (Å²) in [7, 11) is 1.65. The van der Waals surface area contributed by atoms with E-state index >= 15 is 0 Å². The number of urea groups is 1. The van der Waals surface area contributed by atoms with Crippen LogP contribution in [0.15, 0.2) is 52.3 Å². The number of fused-ring (bicyclic) bond motifs is 1. The average Bonchev–Trinajstić information content (AvgIpc) is 3.38. The quantitative estimate of drug-likeness (QED) is 0.671. The second-order valence-corrected chi connectivity index (χ2v) is 7.96. The van der Waals surface area contributed by atoms with Crippen LogP contribution in [0.2, 0.25) is 0 Å². The van der Waals surface area contributed by atoms with Gasteiger partial charge in [0.15, 0.2) is 5.54 Å². The number of hydrogen-bond donors (Lipinski definition) is 1. The van der Waals surface area contributed by atoms with Crippen LogP contribution in [-0.2, 0) is 21.7 Å². The largest absolute Gasteiger partial charge is 0.458 e. The van der Waals surface area contributed by atoms with Gasteiger partial charge in [-0.25, -0.2) is 4.79 Å². The van der Waals surface area contributed by atoms with Crippen LogP contribution in [0.5, 0.6) is 0 Å². The van der Waals surface area contributed by atoms with Gasteiger partial charge in [0.1, 0.15) is 17.9 Å². The molecule has 8 heteroatoms. The molecule has 0 spiro atoms. The summed E-state index contributed by atoms with van der Waals surface area (Å²) in [6.45, 7) is 1.70. The van der Waals surface area contributed by atoms with Gasteiger partial charge >= 0.3 is 6.03 Å². The zero-order chi connectivity index (χ0) is 19.9. The molecule has 3 aromatic rings. The van der Waals surface area contributed by atoms with Gasteiger partial charge in [-0.2, -0.15) is 0 Å². The number of nitrogens with one attached hydrogen (secondary N) is 1. The molecule has 4 amide bonds. The van der Waals surface area contributed by atoms with Crippen LogP contribution in [0.4, 0.5) is 4.79 Å². The van der Waals surface area contributed by atoms with Crippen molar-refractivity contribution in [1.82, 2.24) is 15.1 Å². The highest BCUT2D eigenvalue weighted by atomic mass is 32.1. The van der Waals surface area contributed by atoms with Gasteiger partial charge in [0.2, 0.25) is 5.91 Å². The highest BCUT2D eigenvalue weighted by Gasteiger charge is 2.51. The monoisotopic (exact) mass is 397 g/mol. The topological polar surface area (TPSA) is 82.9 Å². The fourth-order valence-electron chi connectivity index (χ4n) is 3.22. The molecule has 4 rings (SSSR count). The second-order valence-electron chi connectivity index (χ2n) is 6.92. The number of carbonyl (C=O) groups is 3. The van der Waals surface area contributed by atoms with E-state index in [1.165, 1.54) is 4.90 Å². The van der Waals surface area contributed by atoms with Crippen molar-refractivity contribution in [2.75, 3.05) is 13.6 Å². The second kappa shape index (κ2) is 6.79. The molecule has 3 heterocycles. The van der Waals surface area contributed by atoms with Gasteiger partial charge in [-0.1, -0.05) is 24.3 Å². The lowest BCUT2D eigenvalue weighted by atomic mass is 9.99. The Balaban J connectivity index is 1.52. The molecule has 1 fully saturated rings. The summed E-state index contributed by atoms with van der Waals surface area (Å²) >= 11 is 1.55. The van der Waals surface area contributed by atoms with Crippen molar-refractivity contribution in [3.63, 3.8) is 0 Å². The molecule has 0 unspecified atom stereocenters. The maximum atomic E-state index is 13.0. The maximum absolute atomic E-state index is 13.0. The van der Waals surface area contributed by atoms with Crippen molar-refractivity contribution in [3.8, 4) is 0 Å². The predicted octanol–water partition coefficient (Wildman–Crippen LogP) is 2.92. The highest BCUT2D eigenvalue weighted by Crippen LogP contribution is 2.33. The van der Waals surface area contributed by atoms with Gasteiger partial charge < -0.3 is 14.6 Å². The number of furan rings is 1. The van der Waals surface area contributed by atoms with E-state index in [1.807, 2.05) is 35.7 Å². The average molecular weight is 397 g/mol. The first-order valence-electron chi connectivity index (χ1n) is 8.78. The number of hydrogen-bond acceptors (Lipinski definition) is 5. The number of amides is 4. The number of nitrogens with zero attached hydrogens (tertiary/aromatic N) is 2. The first-order chi connectivity index (χ1) is 13.4. The van der Waals surface area contributed by atoms with E-state index in [9.17, 15) is 14.4 Å². The van der Waals surface area contributed by atoms with Gasteiger partial charge in [0.25, 0.3) is 5.91 Å². The SMILES string of the molecule is CN(Cc1cccs1)C(=O)CN1C(=O)N[C@](C)(c2cc3ccccc3o2)C1=O. The maximum Gasteiger partial charge on any atom is 0.325 e. The zero-order valence-corrected chi connectivity index (χ0v) is 16.3. The Kier molecular flexibility index (Phi) is 4.43. The van der Waals surface area contributed by atoms with Crippen molar-refractivity contribution in [2.24, 2.45) is 0 Å². The minimum Gasteiger partial charge on any atom is -0.458 e. The van der Waals surface area contributed by atoms with Crippen molar-refractivity contribution in [2.45, 2.75) is 19.0 Å². The number of imide groups is 1. The van der Waals surface area contributed by atoms with Crippen molar-refractivity contribution < 1.29 is 18.8 Å². The minimum absolute atomic E-state index is 0.314. The van der Waals surface area contributed by atoms with Crippen molar-refractivity contribution in [1.29, 1.82) is 0 Å². The van der Waals surface area contributed by atoms with E-state index in [4.69, 9.17) is 4.42 Å². The number of para-hydroxylation sites is 1. The van der Waals surface area contributed by atoms with Crippen LogP contribution in [0, 0.1) is 0 Å². The number of rotatable bonds is 5. The van der Waals surface area contributed by atoms with Crippen LogP contribution in [-0.4, -0.2) is 41.2 Å². The zero-order valence-electron chi connectivity index (χ0n) is 15.5. The first-order valence-corrected chi connectivity index (χ1v) is 9.66. The summed E-state index contributed by atoms with van der Waals surface area (Å²) in [6.07, 6.45) is 0. The van der Waals surface area contributed by atoms with E-state index < -0.39 is 17.5 Å². The molecule has 0 bridgehead atoms. The van der Waals surface area contributed by atoms with Gasteiger partial charge in [-0.05, 0) is 30.5 Å². The predicted molar refractivity (Wildman–Crippen MR) is 105 cm³/mol. The molecule has 1 aromatic carbocycles. The fraction of sp³-hybridized carbons (Fsp3) is 0.250. The normalized spacial score (nSPS) is 19.3. The summed E-state index contributed by atoms with van der Waals surface area (Å²) < 4.78 is 5.79. The molecule has 1 atom stereocenters. The Labute approximate surface area is 165 Å². The molecule has 0 radical (unpaired) electrons. The molecule has 1 saturated heterocycles. The molecule has 1 aliphatic heterocycles. The summed E-state index contributed by atoms with van der Waals surface area (Å²) in [4.78, 5) is 41.5. The molecule has 1 N–H and O–H groups in total. The lowest BCUT2D eigenvalue weighted by Crippen LogP contribution is -2.43. The molecule has 1 aliphatic rings. The lowest BCUT2D eigenvalue weighted by molar-refractivity contribution is -0.138. The lowest BCUT2D eigenvalue weighted by Gasteiger charge is -2.21. The van der Waals surface area contributed by atoms with Crippen LogP contribution < -0.4 is 5.32 Å². The molecule has 7 nitrogen and oxygen atoms in total. The van der Waals surface area contributed by atoms with Gasteiger partial charge in [0.05, 0.1) is 6.54 Å². The summed E-state index contributed by atoms with van der Waals surface area (Å²) in [6, 6.07) is 12.3. The van der Waals surface area contributed by atoms with Crippen LogP contribution >= 0.6 is 11.3 Å². The highest BCUT2D eigenvalue weighted by molar-refractivity contribution is 7.09. The van der Waals surface area contributed by atoms with E-state index in [1.54, 1.807) is 37.4 Å². The minimum atomic E-state index is -1.34. The Morgan fingerprint density at radius 3 is 2.75 bits per heavy atom. The standard InChI is InChI=1S/C20H19N3O4S/c1-20(16-10-13-6-3-4-8-15(13)27-16)18(25)23(19(26)21-20)12-17(24)22(2)11-14-7-5-9-28-14/h3-10H,11-12H2,1-2H3,(H,21,26)/t20-/m1/s1. The molecule has 28 heavy (non-hydrogen) atoms. The summed E-state index contributed by atoms with van der Waals surface area (Å²) in [5, 5.41) is 5.45. The molecule has 0 saturated carbocycles. The Morgan fingerprint density at radius 2 is 2.04 bits per heavy atom. The first kappa shape index (κ1) is 18.2. The number of thiophene rings is 1. The third-order valence-electron chi connectivity index (χ3n) is 4.89. The van der Waals surface area contributed by atoms with Crippen LogP contribution in [0.1, 0.15) is 17.6 Å². The Morgan fingerprint density at radius 1 is 1.25 bits per heavy atom. The van der Waals surface area contributed by atoms with Gasteiger partial charge in [0, 0.05) is 17.3 Å². The Bertz CT molecular complexity index is 1030. The molecular weight excluding hydrogens is 378 g/mol. The molecular formula is C20H19N3O4S. The van der Waals surface area contributed by atoms with Gasteiger partial charge in [-0.3, -0.25) is 14.5 Å². The van der Waals surface area contributed by atoms with Crippen LogP contribution in [0.25, 0.3) is 11.0 Å². The van der Waals surface area contributed by atoms with Crippen LogP contribution in [0.3, 0.4) is 0 Å². The third-order valence-corrected chi connectivity index (χ3v) is 5.75. The number of likely N-dealkylation sites (N-methyl/N-ethyl adjacent to an activating group) is 1. The smallest absolute Gasteiger partial charge is 0.325 e. The van der Waals surface area contributed by atoms with E-state index in [2.05, 4.69) is 5.32 Å². The summed E-state index contributed by atoms with van der Waals surface area (Å²) in [5.41, 5.74) is -0.714. The van der Waals surface area contributed by atoms with Crippen molar-refractivity contribution in [3.05, 3.63) is 58.5 Å². The van der Waals surface area contributed by atoms with Gasteiger partial charge in [-0.15, -0.1) is 11.3 Å². The van der Waals surface area contributed by atoms with E-state index in [0.29, 0.717) is 17.9 Å². The third kappa shape index (κ3) is 3.05.